The molecular formula is C12H15NO2. The fourth-order valence-corrected chi connectivity index (χ4v) is 1.53. The summed E-state index contributed by atoms with van der Waals surface area (Å²) in [6.07, 6.45) is 0. The fourth-order valence-electron chi connectivity index (χ4n) is 1.53. The van der Waals surface area contributed by atoms with Crippen LogP contribution in [0.2, 0.25) is 0 Å². The maximum Gasteiger partial charge on any atom is 0.216 e. The fraction of sp³-hybridized carbons (Fsp3) is 0.417. The molecule has 1 N–H and O–H groups in total. The smallest absolute Gasteiger partial charge is 0.216 e. The van der Waals surface area contributed by atoms with E-state index in [9.17, 15) is 5.11 Å². The van der Waals surface area contributed by atoms with Crippen LogP contribution in [-0.2, 0) is 4.74 Å². The summed E-state index contributed by atoms with van der Waals surface area (Å²) in [5.41, 5.74) is 0.846. The Morgan fingerprint density at radius 1 is 1.47 bits per heavy atom. The van der Waals surface area contributed by atoms with Crippen LogP contribution >= 0.6 is 0 Å². The van der Waals surface area contributed by atoms with Crippen molar-refractivity contribution < 1.29 is 9.84 Å². The summed E-state index contributed by atoms with van der Waals surface area (Å²) < 4.78 is 5.51. The molecule has 0 radical (unpaired) electrons. The predicted molar refractivity (Wildman–Crippen MR) is 59.2 cm³/mol. The Morgan fingerprint density at radius 2 is 2.27 bits per heavy atom. The van der Waals surface area contributed by atoms with Gasteiger partial charge in [-0.25, -0.2) is 4.99 Å². The summed E-state index contributed by atoms with van der Waals surface area (Å²) in [6, 6.07) is 7.23. The molecule has 1 aromatic rings. The number of aliphatic imine (C=N–C) groups is 1. The Kier molecular flexibility index (Phi) is 2.62. The van der Waals surface area contributed by atoms with Crippen molar-refractivity contribution in [3.8, 4) is 5.75 Å². The monoisotopic (exact) mass is 205 g/mol. The highest BCUT2D eigenvalue weighted by Gasteiger charge is 2.22. The number of hydrogen-bond donors (Lipinski definition) is 1. The van der Waals surface area contributed by atoms with Gasteiger partial charge in [0, 0.05) is 5.56 Å². The summed E-state index contributed by atoms with van der Waals surface area (Å²) in [6.45, 7) is 4.90. The molecule has 2 rings (SSSR count). The lowest BCUT2D eigenvalue weighted by Crippen LogP contribution is -2.13. The number of rotatable bonds is 2. The molecule has 0 fully saturated rings. The quantitative estimate of drug-likeness (QED) is 0.804. The van der Waals surface area contributed by atoms with Crippen molar-refractivity contribution in [3.63, 3.8) is 0 Å². The van der Waals surface area contributed by atoms with Crippen molar-refractivity contribution in [2.24, 2.45) is 10.9 Å². The molecule has 1 aliphatic rings. The van der Waals surface area contributed by atoms with Gasteiger partial charge in [-0.05, 0) is 24.1 Å². The van der Waals surface area contributed by atoms with Crippen LogP contribution in [0.25, 0.3) is 0 Å². The molecule has 1 aromatic carbocycles. The zero-order chi connectivity index (χ0) is 10.8. The number of phenols is 1. The first-order valence-electron chi connectivity index (χ1n) is 5.17. The van der Waals surface area contributed by atoms with Crippen LogP contribution in [0.4, 0.5) is 0 Å². The second-order valence-corrected chi connectivity index (χ2v) is 4.11. The third kappa shape index (κ3) is 2.12. The van der Waals surface area contributed by atoms with Crippen LogP contribution < -0.4 is 0 Å². The summed E-state index contributed by atoms with van der Waals surface area (Å²) in [4.78, 5) is 4.48. The lowest BCUT2D eigenvalue weighted by atomic mass is 10.1. The number of hydrogen-bond acceptors (Lipinski definition) is 3. The second kappa shape index (κ2) is 3.93. The molecule has 0 saturated heterocycles. The second-order valence-electron chi connectivity index (χ2n) is 4.11. The molecule has 0 aromatic heterocycles. The summed E-state index contributed by atoms with van der Waals surface area (Å²) in [5, 5.41) is 9.34. The molecule has 1 heterocycles. The lowest BCUT2D eigenvalue weighted by molar-refractivity contribution is 0.292. The van der Waals surface area contributed by atoms with Gasteiger partial charge in [-0.1, -0.05) is 19.9 Å². The first-order valence-corrected chi connectivity index (χ1v) is 5.17. The van der Waals surface area contributed by atoms with E-state index in [4.69, 9.17) is 4.74 Å². The van der Waals surface area contributed by atoms with E-state index in [0.29, 0.717) is 18.4 Å². The van der Waals surface area contributed by atoms with Gasteiger partial charge >= 0.3 is 0 Å². The zero-order valence-electron chi connectivity index (χ0n) is 8.97. The van der Waals surface area contributed by atoms with Gasteiger partial charge in [0.25, 0.3) is 0 Å². The third-order valence-electron chi connectivity index (χ3n) is 2.54. The number of aromatic hydroxyl groups is 1. The highest BCUT2D eigenvalue weighted by atomic mass is 16.5. The standard InChI is InChI=1S/C12H15NO2/c1-8(2)11-7-15-12(13-11)9-4-3-5-10(14)6-9/h3-6,8,11,14H,7H2,1-2H3. The topological polar surface area (TPSA) is 41.8 Å². The van der Waals surface area contributed by atoms with Gasteiger partial charge < -0.3 is 9.84 Å². The number of ether oxygens (including phenoxy) is 1. The van der Waals surface area contributed by atoms with Gasteiger partial charge in [0.05, 0.1) is 6.04 Å². The summed E-state index contributed by atoms with van der Waals surface area (Å²) in [5.74, 6) is 1.37. The molecule has 15 heavy (non-hydrogen) atoms. The van der Waals surface area contributed by atoms with E-state index in [1.807, 2.05) is 6.07 Å². The van der Waals surface area contributed by atoms with E-state index >= 15 is 0 Å². The largest absolute Gasteiger partial charge is 0.508 e. The molecule has 1 atom stereocenters. The van der Waals surface area contributed by atoms with E-state index in [0.717, 1.165) is 5.56 Å². The highest BCUT2D eigenvalue weighted by Crippen LogP contribution is 2.19. The zero-order valence-corrected chi connectivity index (χ0v) is 8.97. The number of nitrogens with zero attached hydrogens (tertiary/aromatic N) is 1. The Hall–Kier alpha value is -1.51. The average molecular weight is 205 g/mol. The lowest BCUT2D eigenvalue weighted by Gasteiger charge is -2.06. The molecule has 3 heteroatoms. The third-order valence-corrected chi connectivity index (χ3v) is 2.54. The minimum Gasteiger partial charge on any atom is -0.508 e. The first kappa shape index (κ1) is 10.0. The Morgan fingerprint density at radius 3 is 2.87 bits per heavy atom. The molecule has 1 aliphatic heterocycles. The first-order chi connectivity index (χ1) is 7.16. The normalized spacial score (nSPS) is 20.2. The van der Waals surface area contributed by atoms with Gasteiger partial charge in [-0.15, -0.1) is 0 Å². The molecule has 0 amide bonds. The van der Waals surface area contributed by atoms with Crippen molar-refractivity contribution in [3.05, 3.63) is 29.8 Å². The molecule has 3 nitrogen and oxygen atoms in total. The Labute approximate surface area is 89.4 Å². The van der Waals surface area contributed by atoms with Crippen LogP contribution in [0.5, 0.6) is 5.75 Å². The van der Waals surface area contributed by atoms with Gasteiger partial charge in [-0.3, -0.25) is 0 Å². The van der Waals surface area contributed by atoms with Crippen molar-refractivity contribution in [1.29, 1.82) is 0 Å². The van der Waals surface area contributed by atoms with Crippen molar-refractivity contribution in [2.45, 2.75) is 19.9 Å². The maximum absolute atomic E-state index is 9.34. The molecule has 1 unspecified atom stereocenters. The van der Waals surface area contributed by atoms with E-state index in [1.54, 1.807) is 18.2 Å². The van der Waals surface area contributed by atoms with E-state index < -0.39 is 0 Å². The molecule has 0 spiro atoms. The molecule has 80 valence electrons. The molecule has 0 aliphatic carbocycles. The van der Waals surface area contributed by atoms with Crippen LogP contribution in [0.1, 0.15) is 19.4 Å². The van der Waals surface area contributed by atoms with Crippen LogP contribution in [0.3, 0.4) is 0 Å². The predicted octanol–water partition coefficient (Wildman–Crippen LogP) is 2.19. The number of benzene rings is 1. The van der Waals surface area contributed by atoms with Crippen molar-refractivity contribution in [2.75, 3.05) is 6.61 Å². The van der Waals surface area contributed by atoms with Crippen LogP contribution in [0.15, 0.2) is 29.3 Å². The minimum atomic E-state index is 0.238. The van der Waals surface area contributed by atoms with Gasteiger partial charge in [0.2, 0.25) is 5.90 Å². The van der Waals surface area contributed by atoms with E-state index in [-0.39, 0.29) is 11.8 Å². The van der Waals surface area contributed by atoms with Crippen LogP contribution in [-0.4, -0.2) is 23.7 Å². The van der Waals surface area contributed by atoms with Gasteiger partial charge in [-0.2, -0.15) is 0 Å². The maximum atomic E-state index is 9.34. The highest BCUT2D eigenvalue weighted by molar-refractivity contribution is 5.95. The van der Waals surface area contributed by atoms with Gasteiger partial charge in [0.15, 0.2) is 0 Å². The molecular weight excluding hydrogens is 190 g/mol. The molecule has 0 bridgehead atoms. The van der Waals surface area contributed by atoms with E-state index in [1.165, 1.54) is 0 Å². The van der Waals surface area contributed by atoms with Crippen molar-refractivity contribution >= 4 is 5.90 Å². The van der Waals surface area contributed by atoms with Gasteiger partial charge in [0.1, 0.15) is 12.4 Å². The Bertz CT molecular complexity index is 385. The molecule has 0 saturated carbocycles. The minimum absolute atomic E-state index is 0.238. The average Bonchev–Trinajstić information content (AvgIpc) is 2.66. The SMILES string of the molecule is CC(C)C1COC(c2cccc(O)c2)=N1. The summed E-state index contributed by atoms with van der Waals surface area (Å²) in [7, 11) is 0. The van der Waals surface area contributed by atoms with E-state index in [2.05, 4.69) is 18.8 Å². The Balaban J connectivity index is 2.22. The summed E-state index contributed by atoms with van der Waals surface area (Å²) >= 11 is 0. The van der Waals surface area contributed by atoms with Crippen LogP contribution in [0, 0.1) is 5.92 Å². The number of phenolic OH excluding ortho intramolecular Hbond substituents is 1. The van der Waals surface area contributed by atoms with Crippen molar-refractivity contribution in [1.82, 2.24) is 0 Å².